The lowest BCUT2D eigenvalue weighted by Gasteiger charge is -2.06. The van der Waals surface area contributed by atoms with Crippen molar-refractivity contribution >= 4 is 11.6 Å². The van der Waals surface area contributed by atoms with Gasteiger partial charge < -0.3 is 5.32 Å². The van der Waals surface area contributed by atoms with Crippen molar-refractivity contribution in [1.82, 2.24) is 5.32 Å². The molecule has 0 aliphatic carbocycles. The number of unbranched alkanes of at least 4 members (excludes halogenated alkanes) is 2. The van der Waals surface area contributed by atoms with Crippen LogP contribution in [0.25, 0.3) is 0 Å². The Kier molecular flexibility index (Phi) is 5.59. The number of carbonyl (C=O) groups excluding carboxylic acids is 1. The van der Waals surface area contributed by atoms with Crippen molar-refractivity contribution in [2.45, 2.75) is 19.3 Å². The Morgan fingerprint density at radius 2 is 2.00 bits per heavy atom. The summed E-state index contributed by atoms with van der Waals surface area (Å²) >= 11 is 0. The molecule has 0 heterocycles. The number of hydrogen-bond donors (Lipinski definition) is 1. The predicted octanol–water partition coefficient (Wildman–Crippen LogP) is 2.41. The smallest absolute Gasteiger partial charge is 0.285 e. The molecule has 0 saturated carbocycles. The van der Waals surface area contributed by atoms with Gasteiger partial charge in [0.25, 0.3) is 11.6 Å². The topological polar surface area (TPSA) is 72.2 Å². The molecule has 20 heavy (non-hydrogen) atoms. The first-order valence-electron chi connectivity index (χ1n) is 5.82. The maximum atomic E-state index is 13.1. The molecular weight excluding hydrogens is 270 g/mol. The van der Waals surface area contributed by atoms with Gasteiger partial charge in [-0.3, -0.25) is 14.9 Å². The number of nitrogens with one attached hydrogen (secondary N) is 1. The Morgan fingerprint density at radius 1 is 1.35 bits per heavy atom. The zero-order chi connectivity index (χ0) is 15.1. The number of terminal acetylenes is 1. The lowest BCUT2D eigenvalue weighted by atomic mass is 10.1. The molecule has 7 heteroatoms. The van der Waals surface area contributed by atoms with Crippen molar-refractivity contribution in [2.75, 3.05) is 6.54 Å². The highest BCUT2D eigenvalue weighted by Gasteiger charge is 2.23. The van der Waals surface area contributed by atoms with Crippen molar-refractivity contribution in [3.05, 3.63) is 39.4 Å². The molecule has 1 rings (SSSR count). The molecule has 0 spiro atoms. The van der Waals surface area contributed by atoms with Gasteiger partial charge in [-0.1, -0.05) is 0 Å². The minimum absolute atomic E-state index is 0.247. The summed E-state index contributed by atoms with van der Waals surface area (Å²) in [5, 5.41) is 13.1. The molecular formula is C13H12F2N2O3. The zero-order valence-electron chi connectivity index (χ0n) is 10.5. The highest BCUT2D eigenvalue weighted by Crippen LogP contribution is 2.22. The third kappa shape index (κ3) is 4.02. The van der Waals surface area contributed by atoms with E-state index in [4.69, 9.17) is 6.42 Å². The average Bonchev–Trinajstić information content (AvgIpc) is 2.40. The van der Waals surface area contributed by atoms with Gasteiger partial charge in [-0.2, -0.15) is 0 Å². The molecule has 0 unspecified atom stereocenters. The van der Waals surface area contributed by atoms with Crippen molar-refractivity contribution in [2.24, 2.45) is 0 Å². The summed E-state index contributed by atoms with van der Waals surface area (Å²) in [6.07, 6.45) is 6.89. The molecule has 1 amide bonds. The van der Waals surface area contributed by atoms with Gasteiger partial charge in [0.15, 0.2) is 11.6 Å². The van der Waals surface area contributed by atoms with Crippen LogP contribution in [-0.2, 0) is 0 Å². The fourth-order valence-electron chi connectivity index (χ4n) is 1.52. The van der Waals surface area contributed by atoms with E-state index in [1.807, 2.05) is 0 Å². The molecule has 0 aliphatic rings. The quantitative estimate of drug-likeness (QED) is 0.377. The Balaban J connectivity index is 2.79. The predicted molar refractivity (Wildman–Crippen MR) is 68.0 cm³/mol. The molecule has 0 aromatic heterocycles. The molecule has 5 nitrogen and oxygen atoms in total. The van der Waals surface area contributed by atoms with Crippen LogP contribution in [0.3, 0.4) is 0 Å². The molecule has 0 saturated heterocycles. The molecule has 0 radical (unpaired) electrons. The highest BCUT2D eigenvalue weighted by molar-refractivity contribution is 5.98. The van der Waals surface area contributed by atoms with E-state index in [1.165, 1.54) is 0 Å². The summed E-state index contributed by atoms with van der Waals surface area (Å²) in [5.41, 5.74) is -1.28. The van der Waals surface area contributed by atoms with Crippen LogP contribution in [0.4, 0.5) is 14.5 Å². The SMILES string of the molecule is C#CCCCCNC(=O)c1cc(F)c(F)cc1[N+](=O)[O-]. The fraction of sp³-hybridized carbons (Fsp3) is 0.308. The van der Waals surface area contributed by atoms with Crippen molar-refractivity contribution in [1.29, 1.82) is 0 Å². The van der Waals surface area contributed by atoms with E-state index in [1.54, 1.807) is 0 Å². The molecule has 0 fully saturated rings. The number of halogens is 2. The number of amides is 1. The fourth-order valence-corrected chi connectivity index (χ4v) is 1.52. The summed E-state index contributed by atoms with van der Waals surface area (Å²) in [5.74, 6) is -1.08. The summed E-state index contributed by atoms with van der Waals surface area (Å²) in [4.78, 5) is 21.5. The van der Waals surface area contributed by atoms with Gasteiger partial charge in [0, 0.05) is 13.0 Å². The van der Waals surface area contributed by atoms with Gasteiger partial charge in [0.2, 0.25) is 0 Å². The van der Waals surface area contributed by atoms with Gasteiger partial charge in [-0.25, -0.2) is 8.78 Å². The van der Waals surface area contributed by atoms with Crippen LogP contribution in [0, 0.1) is 34.1 Å². The number of rotatable bonds is 6. The van der Waals surface area contributed by atoms with Gasteiger partial charge in [0.1, 0.15) is 5.56 Å². The maximum absolute atomic E-state index is 13.1. The second kappa shape index (κ2) is 7.19. The lowest BCUT2D eigenvalue weighted by Crippen LogP contribution is -2.25. The Bertz CT molecular complexity index is 567. The summed E-state index contributed by atoms with van der Waals surface area (Å²) < 4.78 is 26.0. The highest BCUT2D eigenvalue weighted by atomic mass is 19.2. The van der Waals surface area contributed by atoms with Gasteiger partial charge in [0.05, 0.1) is 11.0 Å². The molecule has 106 valence electrons. The van der Waals surface area contributed by atoms with Crippen molar-refractivity contribution < 1.29 is 18.5 Å². The van der Waals surface area contributed by atoms with Crippen LogP contribution >= 0.6 is 0 Å². The van der Waals surface area contributed by atoms with Gasteiger partial charge in [-0.05, 0) is 18.9 Å². The number of nitro benzene ring substituents is 1. The molecule has 1 aromatic carbocycles. The molecule has 0 atom stereocenters. The van der Waals surface area contributed by atoms with Crippen LogP contribution in [-0.4, -0.2) is 17.4 Å². The molecule has 0 bridgehead atoms. The third-order valence-electron chi connectivity index (χ3n) is 2.51. The first-order valence-corrected chi connectivity index (χ1v) is 5.82. The largest absolute Gasteiger partial charge is 0.352 e. The Morgan fingerprint density at radius 3 is 2.60 bits per heavy atom. The minimum atomic E-state index is -1.37. The number of benzene rings is 1. The van der Waals surface area contributed by atoms with E-state index in [-0.39, 0.29) is 6.54 Å². The van der Waals surface area contributed by atoms with E-state index >= 15 is 0 Å². The minimum Gasteiger partial charge on any atom is -0.352 e. The first-order chi connectivity index (χ1) is 9.47. The number of carbonyl (C=O) groups is 1. The van der Waals surface area contributed by atoms with Gasteiger partial charge >= 0.3 is 0 Å². The summed E-state index contributed by atoms with van der Waals surface area (Å²) in [7, 11) is 0. The van der Waals surface area contributed by atoms with Crippen LogP contribution < -0.4 is 5.32 Å². The van der Waals surface area contributed by atoms with Crippen molar-refractivity contribution in [3.8, 4) is 12.3 Å². The summed E-state index contributed by atoms with van der Waals surface area (Å²) in [6.45, 7) is 0.247. The lowest BCUT2D eigenvalue weighted by molar-refractivity contribution is -0.385. The normalized spacial score (nSPS) is 9.85. The van der Waals surface area contributed by atoms with Gasteiger partial charge in [-0.15, -0.1) is 12.3 Å². The van der Waals surface area contributed by atoms with E-state index < -0.39 is 33.7 Å². The average molecular weight is 282 g/mol. The number of hydrogen-bond acceptors (Lipinski definition) is 3. The van der Waals surface area contributed by atoms with Crippen LogP contribution in [0.15, 0.2) is 12.1 Å². The van der Waals surface area contributed by atoms with E-state index in [0.29, 0.717) is 31.4 Å². The van der Waals surface area contributed by atoms with E-state index in [2.05, 4.69) is 11.2 Å². The third-order valence-corrected chi connectivity index (χ3v) is 2.51. The van der Waals surface area contributed by atoms with Crippen LogP contribution in [0.1, 0.15) is 29.6 Å². The Labute approximate surface area is 114 Å². The molecule has 0 aliphatic heterocycles. The zero-order valence-corrected chi connectivity index (χ0v) is 10.5. The second-order valence-corrected chi connectivity index (χ2v) is 3.96. The van der Waals surface area contributed by atoms with E-state index in [9.17, 15) is 23.7 Å². The Hall–Kier alpha value is -2.49. The van der Waals surface area contributed by atoms with Crippen LogP contribution in [0.5, 0.6) is 0 Å². The molecule has 1 N–H and O–H groups in total. The standard InChI is InChI=1S/C13H12F2N2O3/c1-2-3-4-5-6-16-13(18)9-7-10(14)11(15)8-12(9)17(19)20/h1,7-8H,3-6H2,(H,16,18). The number of nitrogens with zero attached hydrogens (tertiary/aromatic N) is 1. The number of nitro groups is 1. The summed E-state index contributed by atoms with van der Waals surface area (Å²) in [6, 6.07) is 0.910. The van der Waals surface area contributed by atoms with E-state index in [0.717, 1.165) is 0 Å². The maximum Gasteiger partial charge on any atom is 0.285 e. The molecule has 1 aromatic rings. The monoisotopic (exact) mass is 282 g/mol. The second-order valence-electron chi connectivity index (χ2n) is 3.96. The first kappa shape index (κ1) is 15.6. The van der Waals surface area contributed by atoms with Crippen molar-refractivity contribution in [3.63, 3.8) is 0 Å². The van der Waals surface area contributed by atoms with Crippen LogP contribution in [0.2, 0.25) is 0 Å².